The van der Waals surface area contributed by atoms with E-state index in [9.17, 15) is 18.3 Å². The number of sulfonamides is 1. The molecule has 3 N–H and O–H groups in total. The summed E-state index contributed by atoms with van der Waals surface area (Å²) in [5, 5.41) is 16.0. The Morgan fingerprint density at radius 3 is 2.57 bits per heavy atom. The zero-order valence-electron chi connectivity index (χ0n) is 11.7. The number of rotatable bonds is 3. The third-order valence-electron chi connectivity index (χ3n) is 3.57. The molecule has 0 saturated carbocycles. The highest BCUT2D eigenvalue weighted by Gasteiger charge is 2.46. The average Bonchev–Trinajstić information content (AvgIpc) is 2.65. The molecule has 1 atom stereocenters. The van der Waals surface area contributed by atoms with Gasteiger partial charge >= 0.3 is 0 Å². The number of hydrogen-bond acceptors (Lipinski definition) is 4. The smallest absolute Gasteiger partial charge is 0.239 e. The molecule has 1 aromatic carbocycles. The second kappa shape index (κ2) is 5.24. The molecule has 1 unspecified atom stereocenters. The van der Waals surface area contributed by atoms with Crippen LogP contribution in [0.3, 0.4) is 0 Å². The standard InChI is InChI=1S/C13H17ClN2O4S/c1-8(2)16-12(17)5-6-13(16,18)9-3-4-10(14)11(7-9)21(15,19)20/h3-4,7-8,18H,5-6H2,1-2H3,(H2,15,19,20). The van der Waals surface area contributed by atoms with Crippen LogP contribution in [-0.4, -0.2) is 30.4 Å². The van der Waals surface area contributed by atoms with Gasteiger partial charge in [0.2, 0.25) is 15.9 Å². The summed E-state index contributed by atoms with van der Waals surface area (Å²) in [6.45, 7) is 3.56. The van der Waals surface area contributed by atoms with Gasteiger partial charge in [-0.05, 0) is 26.0 Å². The number of likely N-dealkylation sites (tertiary alicyclic amines) is 1. The summed E-state index contributed by atoms with van der Waals surface area (Å²) in [5.41, 5.74) is -1.26. The van der Waals surface area contributed by atoms with E-state index >= 15 is 0 Å². The summed E-state index contributed by atoms with van der Waals surface area (Å²) in [4.78, 5) is 13.0. The van der Waals surface area contributed by atoms with Gasteiger partial charge in [-0.25, -0.2) is 13.6 Å². The Labute approximate surface area is 128 Å². The summed E-state index contributed by atoms with van der Waals surface area (Å²) in [6, 6.07) is 3.87. The van der Waals surface area contributed by atoms with Gasteiger partial charge in [-0.3, -0.25) is 4.79 Å². The first kappa shape index (κ1) is 16.2. The highest BCUT2D eigenvalue weighted by molar-refractivity contribution is 7.89. The van der Waals surface area contributed by atoms with Crippen molar-refractivity contribution in [2.75, 3.05) is 0 Å². The van der Waals surface area contributed by atoms with Gasteiger partial charge in [-0.15, -0.1) is 0 Å². The predicted molar refractivity (Wildman–Crippen MR) is 77.9 cm³/mol. The van der Waals surface area contributed by atoms with E-state index in [2.05, 4.69) is 0 Å². The van der Waals surface area contributed by atoms with Crippen LogP contribution in [0.15, 0.2) is 23.1 Å². The molecular weight excluding hydrogens is 316 g/mol. The van der Waals surface area contributed by atoms with Crippen molar-refractivity contribution in [1.29, 1.82) is 0 Å². The molecular formula is C13H17ClN2O4S. The number of aliphatic hydroxyl groups is 1. The fourth-order valence-corrected chi connectivity index (χ4v) is 3.77. The number of amides is 1. The fraction of sp³-hybridized carbons (Fsp3) is 0.462. The number of benzene rings is 1. The van der Waals surface area contributed by atoms with Crippen LogP contribution < -0.4 is 5.14 Å². The maximum absolute atomic E-state index is 12.0. The third-order valence-corrected chi connectivity index (χ3v) is 4.96. The van der Waals surface area contributed by atoms with Crippen LogP contribution in [0.1, 0.15) is 32.3 Å². The van der Waals surface area contributed by atoms with E-state index in [0.29, 0.717) is 0 Å². The van der Waals surface area contributed by atoms with Crippen molar-refractivity contribution < 1.29 is 18.3 Å². The molecule has 1 amide bonds. The number of nitrogens with two attached hydrogens (primary N) is 1. The molecule has 0 radical (unpaired) electrons. The van der Waals surface area contributed by atoms with Crippen LogP contribution in [-0.2, 0) is 20.5 Å². The van der Waals surface area contributed by atoms with Gasteiger partial charge in [0.1, 0.15) is 4.90 Å². The molecule has 1 fully saturated rings. The summed E-state index contributed by atoms with van der Waals surface area (Å²) in [7, 11) is -4.01. The second-order valence-corrected chi connectivity index (χ2v) is 7.30. The first-order chi connectivity index (χ1) is 9.57. The highest BCUT2D eigenvalue weighted by Crippen LogP contribution is 2.40. The molecule has 1 heterocycles. The van der Waals surface area contributed by atoms with Crippen molar-refractivity contribution in [3.63, 3.8) is 0 Å². The normalized spacial score (nSPS) is 23.1. The number of hydrogen-bond donors (Lipinski definition) is 2. The van der Waals surface area contributed by atoms with Gasteiger partial charge in [0, 0.05) is 24.4 Å². The largest absolute Gasteiger partial charge is 0.367 e. The second-order valence-electron chi connectivity index (χ2n) is 5.36. The summed E-state index contributed by atoms with van der Waals surface area (Å²) < 4.78 is 23.1. The number of nitrogens with zero attached hydrogens (tertiary/aromatic N) is 1. The third kappa shape index (κ3) is 2.78. The van der Waals surface area contributed by atoms with Crippen LogP contribution in [0.5, 0.6) is 0 Å². The number of carbonyl (C=O) groups is 1. The molecule has 1 aromatic rings. The minimum Gasteiger partial charge on any atom is -0.367 e. The minimum absolute atomic E-state index is 0.0229. The number of primary sulfonamides is 1. The number of carbonyl (C=O) groups excluding carboxylic acids is 1. The van der Waals surface area contributed by atoms with Gasteiger partial charge < -0.3 is 10.0 Å². The molecule has 0 aromatic heterocycles. The summed E-state index contributed by atoms with van der Waals surface area (Å²) >= 11 is 5.84. The zero-order chi connectivity index (χ0) is 16.0. The fourth-order valence-electron chi connectivity index (χ4n) is 2.70. The quantitative estimate of drug-likeness (QED) is 0.867. The monoisotopic (exact) mass is 332 g/mol. The Kier molecular flexibility index (Phi) is 4.05. The topological polar surface area (TPSA) is 101 Å². The van der Waals surface area contributed by atoms with E-state index in [0.717, 1.165) is 0 Å². The molecule has 1 aliphatic rings. The first-order valence-corrected chi connectivity index (χ1v) is 8.37. The van der Waals surface area contributed by atoms with Crippen molar-refractivity contribution in [2.45, 2.75) is 43.4 Å². The highest BCUT2D eigenvalue weighted by atomic mass is 35.5. The first-order valence-electron chi connectivity index (χ1n) is 6.45. The molecule has 1 aliphatic heterocycles. The minimum atomic E-state index is -4.01. The van der Waals surface area contributed by atoms with Crippen LogP contribution in [0, 0.1) is 0 Å². The molecule has 8 heteroatoms. The molecule has 116 valence electrons. The van der Waals surface area contributed by atoms with Crippen molar-refractivity contribution in [1.82, 2.24) is 4.90 Å². The molecule has 21 heavy (non-hydrogen) atoms. The lowest BCUT2D eigenvalue weighted by Gasteiger charge is -2.37. The van der Waals surface area contributed by atoms with E-state index in [1.54, 1.807) is 13.8 Å². The van der Waals surface area contributed by atoms with E-state index in [4.69, 9.17) is 16.7 Å². The molecule has 0 bridgehead atoms. The summed E-state index contributed by atoms with van der Waals surface area (Å²) in [6.07, 6.45) is 0.387. The Balaban J connectivity index is 2.59. The van der Waals surface area contributed by atoms with Gasteiger partial charge in [-0.1, -0.05) is 17.7 Å². The van der Waals surface area contributed by atoms with Crippen molar-refractivity contribution >= 4 is 27.5 Å². The summed E-state index contributed by atoms with van der Waals surface area (Å²) in [5.74, 6) is -0.181. The van der Waals surface area contributed by atoms with Crippen molar-refractivity contribution in [3.05, 3.63) is 28.8 Å². The molecule has 1 saturated heterocycles. The predicted octanol–water partition coefficient (Wildman–Crippen LogP) is 1.16. The van der Waals surface area contributed by atoms with E-state index in [1.165, 1.54) is 23.1 Å². The maximum atomic E-state index is 12.0. The Bertz CT molecular complexity index is 689. The number of halogens is 1. The molecule has 0 spiro atoms. The van der Waals surface area contributed by atoms with Crippen LogP contribution in [0.4, 0.5) is 0 Å². The van der Waals surface area contributed by atoms with Crippen LogP contribution in [0.25, 0.3) is 0 Å². The SMILES string of the molecule is CC(C)N1C(=O)CCC1(O)c1ccc(Cl)c(S(N)(=O)=O)c1. The molecule has 6 nitrogen and oxygen atoms in total. The van der Waals surface area contributed by atoms with E-state index < -0.39 is 15.7 Å². The lowest BCUT2D eigenvalue weighted by molar-refractivity contribution is -0.152. The maximum Gasteiger partial charge on any atom is 0.239 e. The van der Waals surface area contributed by atoms with Crippen molar-refractivity contribution in [3.8, 4) is 0 Å². The van der Waals surface area contributed by atoms with E-state index in [-0.39, 0.29) is 40.3 Å². The average molecular weight is 333 g/mol. The van der Waals surface area contributed by atoms with Gasteiger partial charge in [-0.2, -0.15) is 0 Å². The zero-order valence-corrected chi connectivity index (χ0v) is 13.3. The Morgan fingerprint density at radius 2 is 2.05 bits per heavy atom. The Hall–Kier alpha value is -1.15. The van der Waals surface area contributed by atoms with Crippen LogP contribution in [0.2, 0.25) is 5.02 Å². The lowest BCUT2D eigenvalue weighted by Crippen LogP contribution is -2.47. The van der Waals surface area contributed by atoms with Crippen LogP contribution >= 0.6 is 11.6 Å². The van der Waals surface area contributed by atoms with Gasteiger partial charge in [0.25, 0.3) is 0 Å². The van der Waals surface area contributed by atoms with E-state index in [1.807, 2.05) is 0 Å². The Morgan fingerprint density at radius 1 is 1.43 bits per heavy atom. The molecule has 0 aliphatic carbocycles. The van der Waals surface area contributed by atoms with Gasteiger partial charge in [0.15, 0.2) is 5.72 Å². The lowest BCUT2D eigenvalue weighted by atomic mass is 9.99. The van der Waals surface area contributed by atoms with Gasteiger partial charge in [0.05, 0.1) is 5.02 Å². The van der Waals surface area contributed by atoms with Crippen molar-refractivity contribution in [2.24, 2.45) is 5.14 Å². The molecule has 2 rings (SSSR count).